The maximum atomic E-state index is 14.1. The molecule has 1 saturated carbocycles. The first-order chi connectivity index (χ1) is 23.7. The number of hydrogen-bond donors (Lipinski definition) is 1. The molecule has 0 radical (unpaired) electrons. The monoisotopic (exact) mass is 824 g/mol. The molecule has 3 fully saturated rings. The molecule has 4 aliphatic rings. The van der Waals surface area contributed by atoms with E-state index in [-0.39, 0.29) is 35.2 Å². The maximum absolute atomic E-state index is 14.1. The van der Waals surface area contributed by atoms with Gasteiger partial charge < -0.3 is 14.6 Å². The van der Waals surface area contributed by atoms with Crippen molar-refractivity contribution in [1.29, 1.82) is 0 Å². The molecular formula is C33H25BrCl2F6N2O7. The lowest BCUT2D eigenvalue weighted by atomic mass is 9.57. The second-order valence-electron chi connectivity index (χ2n) is 12.4. The average Bonchev–Trinajstić information content (AvgIpc) is 3.41. The van der Waals surface area contributed by atoms with Gasteiger partial charge >= 0.3 is 12.4 Å². The molecular weight excluding hydrogens is 801 g/mol. The molecule has 18 heteroatoms. The summed E-state index contributed by atoms with van der Waals surface area (Å²) in [6.45, 7) is 0. The number of carbonyl (C=O) groups is 4. The average molecular weight is 826 g/mol. The van der Waals surface area contributed by atoms with Crippen LogP contribution in [0.15, 0.2) is 48.1 Å². The van der Waals surface area contributed by atoms with Crippen LogP contribution in [0, 0.1) is 23.7 Å². The van der Waals surface area contributed by atoms with E-state index in [2.05, 4.69) is 15.9 Å². The Labute approximate surface area is 303 Å². The Kier molecular flexibility index (Phi) is 9.02. The Morgan fingerprint density at radius 1 is 0.902 bits per heavy atom. The molecule has 2 aliphatic carbocycles. The zero-order chi connectivity index (χ0) is 37.6. The van der Waals surface area contributed by atoms with Gasteiger partial charge in [-0.05, 0) is 54.7 Å². The van der Waals surface area contributed by atoms with E-state index in [4.69, 9.17) is 32.7 Å². The Morgan fingerprint density at radius 3 is 1.98 bits per heavy atom. The third kappa shape index (κ3) is 5.50. The number of fused-ring (bicyclic) bond motifs is 4. The van der Waals surface area contributed by atoms with Gasteiger partial charge in [-0.15, -0.1) is 23.2 Å². The van der Waals surface area contributed by atoms with Gasteiger partial charge in [-0.25, -0.2) is 4.90 Å². The van der Waals surface area contributed by atoms with Gasteiger partial charge in [-0.3, -0.25) is 24.1 Å². The van der Waals surface area contributed by atoms with E-state index in [9.17, 15) is 50.6 Å². The second-order valence-corrected chi connectivity index (χ2v) is 14.2. The molecule has 0 spiro atoms. The van der Waals surface area contributed by atoms with Crippen molar-refractivity contribution in [2.75, 3.05) is 24.6 Å². The van der Waals surface area contributed by atoms with Gasteiger partial charge in [-0.2, -0.15) is 26.3 Å². The topological polar surface area (TPSA) is 113 Å². The van der Waals surface area contributed by atoms with Gasteiger partial charge in [0.15, 0.2) is 21.2 Å². The number of likely N-dealkylation sites (tertiary alicyclic amines) is 1. The van der Waals surface area contributed by atoms with Crippen LogP contribution in [0.25, 0.3) is 6.08 Å². The van der Waals surface area contributed by atoms with Crippen molar-refractivity contribution in [1.82, 2.24) is 4.90 Å². The summed E-state index contributed by atoms with van der Waals surface area (Å²) in [5.41, 5.74) is -3.97. The van der Waals surface area contributed by atoms with E-state index >= 15 is 0 Å². The number of anilines is 1. The molecule has 2 aromatic rings. The Morgan fingerprint density at radius 2 is 1.47 bits per heavy atom. The lowest BCUT2D eigenvalue weighted by Gasteiger charge is -2.49. The molecule has 272 valence electrons. The normalized spacial score (nSPS) is 29.4. The van der Waals surface area contributed by atoms with Crippen LogP contribution in [0.2, 0.25) is 0 Å². The lowest BCUT2D eigenvalue weighted by Crippen LogP contribution is -2.60. The van der Waals surface area contributed by atoms with Gasteiger partial charge in [0.05, 0.1) is 48.3 Å². The van der Waals surface area contributed by atoms with E-state index in [1.165, 1.54) is 44.6 Å². The van der Waals surface area contributed by atoms with Crippen LogP contribution in [0.4, 0.5) is 32.0 Å². The number of alkyl halides is 9. The molecule has 9 nitrogen and oxygen atoms in total. The zero-order valence-corrected chi connectivity index (χ0v) is 29.3. The molecule has 0 aromatic heterocycles. The number of phenolic OH excluding ortho intramolecular Hbond substituents is 1. The number of aromatic hydroxyl groups is 1. The number of imide groups is 2. The van der Waals surface area contributed by atoms with Crippen LogP contribution >= 0.6 is 39.1 Å². The number of phenols is 1. The van der Waals surface area contributed by atoms with Crippen molar-refractivity contribution in [3.8, 4) is 17.2 Å². The molecule has 6 atom stereocenters. The van der Waals surface area contributed by atoms with E-state index < -0.39 is 92.6 Å². The molecule has 6 rings (SSSR count). The maximum Gasteiger partial charge on any atom is 0.416 e. The van der Waals surface area contributed by atoms with Crippen LogP contribution in [0.5, 0.6) is 17.2 Å². The minimum absolute atomic E-state index is 0.0264. The van der Waals surface area contributed by atoms with Gasteiger partial charge in [0.2, 0.25) is 17.6 Å². The standard InChI is InChI=1S/C33H25BrCl2F6N2O7/c1-50-22-7-14(8-23(51-2)25(22)45)3-6-21-18-4-5-19-24(20(18)12-30(35)28(48)43(13-34)29(49)31(21,30)36)27(47)44(26(19)46)17-10-15(32(37,38)39)9-16(11-17)33(40,41)42/h3-4,6-11,19-21,24,45H,5,12-13H2,1-2H3/t19-,20+,21-,24-,30+,31-/m0/s1. The second kappa shape index (κ2) is 12.4. The number of carbonyl (C=O) groups excluding carboxylic acids is 4. The molecule has 2 saturated heterocycles. The van der Waals surface area contributed by atoms with Crippen LogP contribution in [0.3, 0.4) is 0 Å². The van der Waals surface area contributed by atoms with Gasteiger partial charge in [0.25, 0.3) is 11.8 Å². The Hall–Kier alpha value is -3.76. The summed E-state index contributed by atoms with van der Waals surface area (Å²) in [5.74, 6) is -9.12. The van der Waals surface area contributed by atoms with E-state index in [0.29, 0.717) is 28.2 Å². The summed E-state index contributed by atoms with van der Waals surface area (Å²) in [6.07, 6.45) is -6.68. The zero-order valence-electron chi connectivity index (χ0n) is 26.2. The third-order valence-corrected chi connectivity index (χ3v) is 11.8. The molecule has 0 unspecified atom stereocenters. The summed E-state index contributed by atoms with van der Waals surface area (Å²) in [6, 6.07) is 3.34. The summed E-state index contributed by atoms with van der Waals surface area (Å²) in [5, 5.41) is 10.4. The van der Waals surface area contributed by atoms with Crippen LogP contribution in [-0.4, -0.2) is 63.1 Å². The van der Waals surface area contributed by atoms with Gasteiger partial charge in [0, 0.05) is 5.92 Å². The van der Waals surface area contributed by atoms with Crippen molar-refractivity contribution in [2.24, 2.45) is 23.7 Å². The van der Waals surface area contributed by atoms with Crippen LogP contribution in [-0.2, 0) is 31.5 Å². The predicted molar refractivity (Wildman–Crippen MR) is 173 cm³/mol. The van der Waals surface area contributed by atoms with Crippen LogP contribution in [0.1, 0.15) is 29.5 Å². The quantitative estimate of drug-likeness (QED) is 0.111. The number of hydrogen-bond acceptors (Lipinski definition) is 7. The number of methoxy groups -OCH3 is 2. The summed E-state index contributed by atoms with van der Waals surface area (Å²) in [4.78, 5) is 52.2. The number of ether oxygens (including phenoxy) is 2. The first kappa shape index (κ1) is 37.0. The van der Waals surface area contributed by atoms with E-state index in [1.54, 1.807) is 0 Å². The third-order valence-electron chi connectivity index (χ3n) is 9.89. The summed E-state index contributed by atoms with van der Waals surface area (Å²) >= 11 is 17.3. The molecule has 2 aliphatic heterocycles. The molecule has 51 heavy (non-hydrogen) atoms. The lowest BCUT2D eigenvalue weighted by molar-refractivity contribution is -0.143. The fourth-order valence-electron chi connectivity index (χ4n) is 7.54. The minimum Gasteiger partial charge on any atom is -0.502 e. The largest absolute Gasteiger partial charge is 0.502 e. The van der Waals surface area contributed by atoms with Crippen molar-refractivity contribution >= 4 is 74.5 Å². The molecule has 0 bridgehead atoms. The number of allylic oxidation sites excluding steroid dienone is 3. The number of nitrogens with zero attached hydrogens (tertiary/aromatic N) is 2. The van der Waals surface area contributed by atoms with Crippen molar-refractivity contribution < 1.29 is 60.1 Å². The number of amides is 4. The first-order valence-electron chi connectivity index (χ1n) is 15.0. The highest BCUT2D eigenvalue weighted by molar-refractivity contribution is 9.09. The van der Waals surface area contributed by atoms with E-state index in [0.717, 1.165) is 4.90 Å². The SMILES string of the molecule is COc1cc(C=C[C@H]2C3=CC[C@@H]4C(=O)N(c5cc(C(F)(F)F)cc(C(F)(F)F)c5)C(=O)[C@@H]4[C@@H]3C[C@@]3(Cl)C(=O)N(CBr)C(=O)[C@@]23Cl)cc(OC)c1O. The number of benzene rings is 2. The molecule has 4 amide bonds. The smallest absolute Gasteiger partial charge is 0.416 e. The molecule has 1 N–H and O–H groups in total. The summed E-state index contributed by atoms with van der Waals surface area (Å²) < 4.78 is 92.7. The predicted octanol–water partition coefficient (Wildman–Crippen LogP) is 6.91. The fourth-order valence-corrected chi connectivity index (χ4v) is 8.92. The highest BCUT2D eigenvalue weighted by atomic mass is 79.9. The van der Waals surface area contributed by atoms with Gasteiger partial charge in [-0.1, -0.05) is 39.7 Å². The van der Waals surface area contributed by atoms with Gasteiger partial charge in [0.1, 0.15) is 0 Å². The first-order valence-corrected chi connectivity index (χ1v) is 16.9. The molecule has 2 heterocycles. The number of halogens is 9. The Bertz CT molecular complexity index is 1880. The fraction of sp³-hybridized carbons (Fsp3) is 0.394. The highest BCUT2D eigenvalue weighted by Crippen LogP contribution is 2.63. The van der Waals surface area contributed by atoms with Crippen molar-refractivity contribution in [2.45, 2.75) is 34.9 Å². The van der Waals surface area contributed by atoms with Crippen molar-refractivity contribution in [3.05, 3.63) is 64.7 Å². The minimum atomic E-state index is -5.25. The van der Waals surface area contributed by atoms with Crippen molar-refractivity contribution in [3.63, 3.8) is 0 Å². The Balaban J connectivity index is 1.48. The van der Waals surface area contributed by atoms with E-state index in [1.807, 2.05) is 0 Å². The highest BCUT2D eigenvalue weighted by Gasteiger charge is 2.75. The summed E-state index contributed by atoms with van der Waals surface area (Å²) in [7, 11) is 2.60. The number of rotatable bonds is 6. The van der Waals surface area contributed by atoms with Crippen LogP contribution < -0.4 is 14.4 Å². The molecule has 2 aromatic carbocycles.